The van der Waals surface area contributed by atoms with Crippen molar-refractivity contribution in [2.24, 2.45) is 0 Å². The number of pyridine rings is 1. The molecule has 0 bridgehead atoms. The van der Waals surface area contributed by atoms with Crippen LogP contribution in [-0.2, 0) is 0 Å². The third-order valence-corrected chi connectivity index (χ3v) is 2.41. The van der Waals surface area contributed by atoms with E-state index >= 15 is 0 Å². The zero-order valence-corrected chi connectivity index (χ0v) is 10.4. The molecule has 4 nitrogen and oxygen atoms in total. The molecule has 0 amide bonds. The number of aldehydes is 1. The Balaban J connectivity index is 2.40. The maximum absolute atomic E-state index is 10.7. The second-order valence-corrected chi connectivity index (χ2v) is 4.78. The van der Waals surface area contributed by atoms with Crippen LogP contribution in [0.1, 0.15) is 24.3 Å². The van der Waals surface area contributed by atoms with Gasteiger partial charge < -0.3 is 9.84 Å². The van der Waals surface area contributed by atoms with Crippen LogP contribution in [0.5, 0.6) is 5.75 Å². The number of hydrogen-bond donors (Lipinski definition) is 1. The first-order chi connectivity index (χ1) is 8.49. The minimum atomic E-state index is -0.912. The molecule has 18 heavy (non-hydrogen) atoms. The summed E-state index contributed by atoms with van der Waals surface area (Å²) >= 11 is 0. The first-order valence-corrected chi connectivity index (χ1v) is 5.70. The maximum atomic E-state index is 10.7. The second kappa shape index (κ2) is 4.74. The quantitative estimate of drug-likeness (QED) is 0.839. The molecule has 0 spiro atoms. The van der Waals surface area contributed by atoms with Gasteiger partial charge in [-0.3, -0.25) is 4.79 Å². The Morgan fingerprint density at radius 1 is 1.33 bits per heavy atom. The van der Waals surface area contributed by atoms with E-state index in [1.54, 1.807) is 26.0 Å². The van der Waals surface area contributed by atoms with E-state index in [1.165, 1.54) is 0 Å². The Labute approximate surface area is 105 Å². The summed E-state index contributed by atoms with van der Waals surface area (Å²) in [4.78, 5) is 15.0. The zero-order chi connectivity index (χ0) is 13.2. The van der Waals surface area contributed by atoms with Crippen LogP contribution in [0.2, 0.25) is 0 Å². The van der Waals surface area contributed by atoms with E-state index in [1.807, 2.05) is 18.2 Å². The molecule has 0 saturated carbocycles. The predicted molar refractivity (Wildman–Crippen MR) is 68.9 cm³/mol. The number of rotatable bonds is 4. The van der Waals surface area contributed by atoms with Gasteiger partial charge in [0.15, 0.2) is 6.29 Å². The van der Waals surface area contributed by atoms with Gasteiger partial charge >= 0.3 is 0 Å². The molecular formula is C14H15NO3. The number of hydrogen-bond acceptors (Lipinski definition) is 4. The molecule has 0 unspecified atom stereocenters. The van der Waals surface area contributed by atoms with E-state index in [0.717, 1.165) is 5.39 Å². The number of carbonyl (C=O) groups is 1. The van der Waals surface area contributed by atoms with Gasteiger partial charge in [0.05, 0.1) is 5.60 Å². The van der Waals surface area contributed by atoms with E-state index in [-0.39, 0.29) is 6.61 Å². The molecule has 0 atom stereocenters. The highest BCUT2D eigenvalue weighted by molar-refractivity contribution is 5.87. The van der Waals surface area contributed by atoms with Crippen molar-refractivity contribution in [2.45, 2.75) is 19.4 Å². The van der Waals surface area contributed by atoms with Crippen LogP contribution in [0.4, 0.5) is 0 Å². The predicted octanol–water partition coefficient (Wildman–Crippen LogP) is 2.20. The lowest BCUT2D eigenvalue weighted by molar-refractivity contribution is 0.0290. The molecule has 1 N–H and O–H groups in total. The average Bonchev–Trinajstić information content (AvgIpc) is 2.34. The Bertz CT molecular complexity index is 573. The smallest absolute Gasteiger partial charge is 0.168 e. The topological polar surface area (TPSA) is 59.4 Å². The first-order valence-electron chi connectivity index (χ1n) is 5.70. The summed E-state index contributed by atoms with van der Waals surface area (Å²) in [6, 6.07) is 9.01. The third-order valence-electron chi connectivity index (χ3n) is 2.41. The summed E-state index contributed by atoms with van der Waals surface area (Å²) in [6.07, 6.45) is 0.701. The zero-order valence-electron chi connectivity index (χ0n) is 10.4. The lowest BCUT2D eigenvalue weighted by Gasteiger charge is -2.18. The largest absolute Gasteiger partial charge is 0.488 e. The number of para-hydroxylation sites is 1. The molecule has 4 heteroatoms. The van der Waals surface area contributed by atoms with Crippen molar-refractivity contribution in [3.8, 4) is 5.75 Å². The Morgan fingerprint density at radius 2 is 2.11 bits per heavy atom. The van der Waals surface area contributed by atoms with Gasteiger partial charge in [-0.1, -0.05) is 18.2 Å². The molecule has 0 aliphatic carbocycles. The molecule has 0 fully saturated rings. The van der Waals surface area contributed by atoms with Crippen LogP contribution in [-0.4, -0.2) is 28.6 Å². The van der Waals surface area contributed by atoms with Crippen LogP contribution in [0.25, 0.3) is 10.9 Å². The molecule has 1 aromatic heterocycles. The van der Waals surface area contributed by atoms with Gasteiger partial charge in [-0.15, -0.1) is 0 Å². The van der Waals surface area contributed by atoms with Crippen LogP contribution < -0.4 is 4.74 Å². The second-order valence-electron chi connectivity index (χ2n) is 4.78. The lowest BCUT2D eigenvalue weighted by atomic mass is 10.1. The molecule has 0 radical (unpaired) electrons. The number of nitrogens with zero attached hydrogens (tertiary/aromatic N) is 1. The Morgan fingerprint density at radius 3 is 2.78 bits per heavy atom. The van der Waals surface area contributed by atoms with Crippen LogP contribution in [0, 0.1) is 0 Å². The third kappa shape index (κ3) is 2.84. The molecular weight excluding hydrogens is 230 g/mol. The summed E-state index contributed by atoms with van der Waals surface area (Å²) in [6.45, 7) is 3.50. The highest BCUT2D eigenvalue weighted by Crippen LogP contribution is 2.24. The summed E-state index contributed by atoms with van der Waals surface area (Å²) in [5.41, 5.74) is 0.0814. The number of aliphatic hydroxyl groups is 1. The van der Waals surface area contributed by atoms with E-state index in [2.05, 4.69) is 4.98 Å². The van der Waals surface area contributed by atoms with Gasteiger partial charge in [-0.25, -0.2) is 4.98 Å². The molecule has 94 valence electrons. The summed E-state index contributed by atoms with van der Waals surface area (Å²) in [5.74, 6) is 0.568. The van der Waals surface area contributed by atoms with Crippen molar-refractivity contribution in [2.75, 3.05) is 6.61 Å². The number of ether oxygens (including phenoxy) is 1. The fourth-order valence-corrected chi connectivity index (χ4v) is 1.57. The van der Waals surface area contributed by atoms with Crippen LogP contribution in [0.3, 0.4) is 0 Å². The van der Waals surface area contributed by atoms with E-state index in [9.17, 15) is 9.90 Å². The SMILES string of the molecule is CC(C)(O)COc1cccc2ccc(C=O)nc12. The lowest BCUT2D eigenvalue weighted by Crippen LogP contribution is -2.27. The molecule has 0 saturated heterocycles. The maximum Gasteiger partial charge on any atom is 0.168 e. The van der Waals surface area contributed by atoms with Gasteiger partial charge in [0.1, 0.15) is 23.6 Å². The summed E-state index contributed by atoms with van der Waals surface area (Å²) < 4.78 is 5.55. The number of fused-ring (bicyclic) bond motifs is 1. The van der Waals surface area contributed by atoms with Crippen molar-refractivity contribution in [3.63, 3.8) is 0 Å². The summed E-state index contributed by atoms with van der Waals surface area (Å²) in [7, 11) is 0. The van der Waals surface area contributed by atoms with Crippen LogP contribution >= 0.6 is 0 Å². The fraction of sp³-hybridized carbons (Fsp3) is 0.286. The minimum absolute atomic E-state index is 0.166. The van der Waals surface area contributed by atoms with Gasteiger partial charge in [-0.05, 0) is 26.0 Å². The average molecular weight is 245 g/mol. The van der Waals surface area contributed by atoms with Gasteiger partial charge in [0.25, 0.3) is 0 Å². The minimum Gasteiger partial charge on any atom is -0.488 e. The van der Waals surface area contributed by atoms with E-state index in [4.69, 9.17) is 4.74 Å². The van der Waals surface area contributed by atoms with Crippen molar-refractivity contribution in [1.82, 2.24) is 4.98 Å². The number of benzene rings is 1. The van der Waals surface area contributed by atoms with Crippen LogP contribution in [0.15, 0.2) is 30.3 Å². The first kappa shape index (κ1) is 12.5. The molecule has 0 aliphatic rings. The molecule has 1 heterocycles. The molecule has 2 aromatic rings. The highest BCUT2D eigenvalue weighted by atomic mass is 16.5. The normalized spacial score (nSPS) is 11.5. The standard InChI is InChI=1S/C14H15NO3/c1-14(2,17)9-18-12-5-3-4-10-6-7-11(8-16)15-13(10)12/h3-8,17H,9H2,1-2H3. The Hall–Kier alpha value is -1.94. The monoisotopic (exact) mass is 245 g/mol. The molecule has 2 rings (SSSR count). The van der Waals surface area contributed by atoms with Gasteiger partial charge in [0.2, 0.25) is 0 Å². The fourth-order valence-electron chi connectivity index (χ4n) is 1.57. The Kier molecular flexibility index (Phi) is 3.30. The van der Waals surface area contributed by atoms with Crippen molar-refractivity contribution in [3.05, 3.63) is 36.0 Å². The summed E-state index contributed by atoms with van der Waals surface area (Å²) in [5, 5.41) is 10.5. The number of carbonyl (C=O) groups excluding carboxylic acids is 1. The van der Waals surface area contributed by atoms with E-state index in [0.29, 0.717) is 23.2 Å². The highest BCUT2D eigenvalue weighted by Gasteiger charge is 2.14. The number of aromatic nitrogens is 1. The van der Waals surface area contributed by atoms with E-state index < -0.39 is 5.60 Å². The van der Waals surface area contributed by atoms with Crippen molar-refractivity contribution >= 4 is 17.2 Å². The van der Waals surface area contributed by atoms with Gasteiger partial charge in [-0.2, -0.15) is 0 Å². The van der Waals surface area contributed by atoms with Gasteiger partial charge in [0, 0.05) is 5.39 Å². The molecule has 1 aromatic carbocycles. The van der Waals surface area contributed by atoms with Crippen molar-refractivity contribution in [1.29, 1.82) is 0 Å². The van der Waals surface area contributed by atoms with Crippen molar-refractivity contribution < 1.29 is 14.6 Å². The molecule has 0 aliphatic heterocycles.